The summed E-state index contributed by atoms with van der Waals surface area (Å²) >= 11 is 2.04. The number of phenols is 1. The van der Waals surface area contributed by atoms with Crippen molar-refractivity contribution in [2.24, 2.45) is 17.8 Å². The van der Waals surface area contributed by atoms with E-state index in [0.29, 0.717) is 27.7 Å². The molecule has 3 aliphatic rings. The van der Waals surface area contributed by atoms with Gasteiger partial charge in [-0.05, 0) is 124 Å². The van der Waals surface area contributed by atoms with Crippen LogP contribution in [0.5, 0.6) is 11.5 Å². The summed E-state index contributed by atoms with van der Waals surface area (Å²) < 4.78 is 12.1. The number of pyridine rings is 1. The molecule has 2 aliphatic heterocycles. The highest BCUT2D eigenvalue weighted by Crippen LogP contribution is 2.51. The number of carbonyl (C=O) groups is 2. The number of aliphatic hydroxyl groups excluding tert-OH is 1. The lowest BCUT2D eigenvalue weighted by Crippen LogP contribution is -2.46. The Hall–Kier alpha value is -3.53. The van der Waals surface area contributed by atoms with Gasteiger partial charge >= 0.3 is 14.2 Å². The average molecular weight is 750 g/mol. The fourth-order valence-corrected chi connectivity index (χ4v) is 7.76. The van der Waals surface area contributed by atoms with E-state index < -0.39 is 49.9 Å². The van der Waals surface area contributed by atoms with E-state index in [0.717, 1.165) is 27.3 Å². The van der Waals surface area contributed by atoms with E-state index in [1.54, 1.807) is 24.4 Å². The number of aromatic hydroxyl groups is 1. The lowest BCUT2D eigenvalue weighted by molar-refractivity contribution is -0.122. The van der Waals surface area contributed by atoms with E-state index in [1.165, 1.54) is 19.2 Å². The topological polar surface area (TPSA) is 170 Å². The number of phenolic OH excluding ortho intramolecular Hbond substituents is 1. The van der Waals surface area contributed by atoms with Gasteiger partial charge in [0, 0.05) is 6.20 Å². The molecule has 0 saturated carbocycles. The Labute approximate surface area is 286 Å². The molecule has 11 nitrogen and oxygen atoms in total. The number of aromatic nitrogens is 1. The van der Waals surface area contributed by atoms with Gasteiger partial charge in [0.15, 0.2) is 11.5 Å². The van der Waals surface area contributed by atoms with E-state index in [4.69, 9.17) is 9.39 Å². The first-order valence-corrected chi connectivity index (χ1v) is 16.4. The molecule has 2 fully saturated rings. The lowest BCUT2D eigenvalue weighted by atomic mass is 9.58. The number of aliphatic hydroxyl groups is 1. The van der Waals surface area contributed by atoms with Gasteiger partial charge in [0.25, 0.3) is 0 Å². The summed E-state index contributed by atoms with van der Waals surface area (Å²) in [6.07, 6.45) is 4.11. The normalized spacial score (nSPS) is 22.8. The minimum Gasteiger partial charge on any atom is -0.504 e. The van der Waals surface area contributed by atoms with Gasteiger partial charge in [0.05, 0.1) is 46.6 Å². The van der Waals surface area contributed by atoms with Gasteiger partial charge in [0.2, 0.25) is 11.8 Å². The summed E-state index contributed by atoms with van der Waals surface area (Å²) in [6.45, 7) is -0.326. The van der Waals surface area contributed by atoms with E-state index in [-0.39, 0.29) is 36.2 Å². The van der Waals surface area contributed by atoms with Crippen LogP contribution in [0.3, 0.4) is 0 Å². The highest BCUT2D eigenvalue weighted by atomic mass is 127. The van der Waals surface area contributed by atoms with Gasteiger partial charge in [0.1, 0.15) is 0 Å². The molecule has 47 heavy (non-hydrogen) atoms. The third-order valence-electron chi connectivity index (χ3n) is 9.21. The molecule has 3 heterocycles. The molecule has 0 bridgehead atoms. The largest absolute Gasteiger partial charge is 0.504 e. The standard InChI is InChI=1S/C33H33B2IN2O9/c1-46-28-13-18(12-25(36)31(28)40)11-19(26-7-2-3-10-37-26)8-9-27-29-20(17-39)14-23-30(24(29)16-34(43)47-27)33(42)38(32(23)41)22-6-4-5-21(15-22)35(44)45/h2-7,10-13,15,23-24,27,30,39-40,43-45H,8-9,14,16-17H2,1H3/b19-11-/t23-,24+,27-,30-/m1/s1. The fourth-order valence-electron chi connectivity index (χ4n) is 7.14. The third kappa shape index (κ3) is 6.50. The number of fused-ring (bicyclic) bond motifs is 3. The number of methoxy groups -OCH3 is 1. The van der Waals surface area contributed by atoms with Crippen LogP contribution in [0.25, 0.3) is 11.6 Å². The second-order valence-electron chi connectivity index (χ2n) is 11.9. The number of hydrogen-bond acceptors (Lipinski definition) is 10. The molecule has 14 heteroatoms. The van der Waals surface area contributed by atoms with E-state index in [2.05, 4.69) is 4.98 Å². The van der Waals surface area contributed by atoms with Gasteiger partial charge in [-0.3, -0.25) is 19.5 Å². The molecule has 242 valence electrons. The average Bonchev–Trinajstić information content (AvgIpc) is 3.32. The van der Waals surface area contributed by atoms with Crippen LogP contribution < -0.4 is 15.1 Å². The Bertz CT molecular complexity index is 1750. The second-order valence-corrected chi connectivity index (χ2v) is 13.1. The van der Waals surface area contributed by atoms with Crippen LogP contribution >= 0.6 is 22.6 Å². The Kier molecular flexibility index (Phi) is 9.88. The van der Waals surface area contributed by atoms with Gasteiger partial charge in [-0.2, -0.15) is 0 Å². The molecule has 3 aromatic rings. The summed E-state index contributed by atoms with van der Waals surface area (Å²) in [7, 11) is -1.47. The molecule has 2 aromatic carbocycles. The van der Waals surface area contributed by atoms with E-state index in [1.807, 2.05) is 52.9 Å². The quantitative estimate of drug-likeness (QED) is 0.0948. The van der Waals surface area contributed by atoms with Crippen LogP contribution in [0.15, 0.2) is 71.9 Å². The van der Waals surface area contributed by atoms with Gasteiger partial charge in [-0.1, -0.05) is 18.2 Å². The molecule has 1 aromatic heterocycles. The number of anilines is 1. The minimum absolute atomic E-state index is 0.0524. The molecule has 2 saturated heterocycles. The van der Waals surface area contributed by atoms with Gasteiger partial charge < -0.3 is 34.7 Å². The van der Waals surface area contributed by atoms with Crippen molar-refractivity contribution >= 4 is 71.4 Å². The smallest absolute Gasteiger partial charge is 0.488 e. The number of ether oxygens (including phenoxy) is 1. The zero-order valence-electron chi connectivity index (χ0n) is 25.5. The number of halogens is 1. The monoisotopic (exact) mass is 750 g/mol. The molecule has 1 aliphatic carbocycles. The number of nitrogens with zero attached hydrogens (tertiary/aromatic N) is 2. The highest BCUT2D eigenvalue weighted by molar-refractivity contribution is 14.1. The number of rotatable bonds is 9. The van der Waals surface area contributed by atoms with Gasteiger partial charge in [-0.25, -0.2) is 0 Å². The summed E-state index contributed by atoms with van der Waals surface area (Å²) in [5, 5.41) is 51.1. The van der Waals surface area contributed by atoms with E-state index in [9.17, 15) is 34.9 Å². The van der Waals surface area contributed by atoms with Crippen molar-refractivity contribution < 1.29 is 44.3 Å². The predicted molar refractivity (Wildman–Crippen MR) is 184 cm³/mol. The van der Waals surface area contributed by atoms with E-state index >= 15 is 0 Å². The SMILES string of the molecule is COc1cc(/C=C(/CC[C@H]2OB(O)C[C@H]3C2=C(CO)C[C@H]2C(=O)N(c4cccc(B(O)O)c4)C(=O)[C@H]23)c2ccccn2)cc(I)c1O. The molecule has 0 spiro atoms. The van der Waals surface area contributed by atoms with Crippen LogP contribution in [0.2, 0.25) is 6.32 Å². The first kappa shape index (κ1) is 33.4. The zero-order valence-corrected chi connectivity index (χ0v) is 27.6. The summed E-state index contributed by atoms with van der Waals surface area (Å²) in [4.78, 5) is 33.3. The molecular weight excluding hydrogens is 717 g/mol. The summed E-state index contributed by atoms with van der Waals surface area (Å²) in [6, 6.07) is 15.2. The third-order valence-corrected chi connectivity index (χ3v) is 10.0. The van der Waals surface area contributed by atoms with Crippen molar-refractivity contribution in [3.05, 3.63) is 86.8 Å². The minimum atomic E-state index is -1.77. The molecule has 5 N–H and O–H groups in total. The number of carbonyl (C=O) groups excluding carboxylic acids is 2. The first-order chi connectivity index (χ1) is 22.6. The maximum absolute atomic E-state index is 14.0. The molecule has 2 amide bonds. The maximum atomic E-state index is 14.0. The van der Waals surface area contributed by atoms with Crippen molar-refractivity contribution in [3.63, 3.8) is 0 Å². The summed E-state index contributed by atoms with van der Waals surface area (Å²) in [5.41, 5.74) is 4.12. The Morgan fingerprint density at radius 3 is 2.66 bits per heavy atom. The van der Waals surface area contributed by atoms with Crippen molar-refractivity contribution in [2.75, 3.05) is 18.6 Å². The Morgan fingerprint density at radius 1 is 1.15 bits per heavy atom. The fraction of sp³-hybridized carbons (Fsp3) is 0.303. The number of imide groups is 1. The number of benzene rings is 2. The van der Waals surface area contributed by atoms with Crippen LogP contribution in [0.1, 0.15) is 30.5 Å². The Morgan fingerprint density at radius 2 is 1.96 bits per heavy atom. The first-order valence-electron chi connectivity index (χ1n) is 15.3. The number of amides is 2. The van der Waals surface area contributed by atoms with Crippen molar-refractivity contribution in [1.82, 2.24) is 4.98 Å². The van der Waals surface area contributed by atoms with Crippen LogP contribution in [-0.2, 0) is 14.2 Å². The molecular formula is C33H33B2IN2O9. The number of hydrogen-bond donors (Lipinski definition) is 5. The van der Waals surface area contributed by atoms with Crippen LogP contribution in [-0.4, -0.2) is 76.1 Å². The second kappa shape index (κ2) is 13.9. The molecule has 6 rings (SSSR count). The van der Waals surface area contributed by atoms with Crippen LogP contribution in [0, 0.1) is 21.3 Å². The highest BCUT2D eigenvalue weighted by Gasteiger charge is 2.57. The van der Waals surface area contributed by atoms with Crippen molar-refractivity contribution in [3.8, 4) is 11.5 Å². The van der Waals surface area contributed by atoms with Crippen molar-refractivity contribution in [1.29, 1.82) is 0 Å². The van der Waals surface area contributed by atoms with Crippen LogP contribution in [0.4, 0.5) is 5.69 Å². The molecule has 0 unspecified atom stereocenters. The zero-order chi connectivity index (χ0) is 33.4. The molecule has 4 atom stereocenters. The van der Waals surface area contributed by atoms with Gasteiger partial charge in [-0.15, -0.1) is 0 Å². The Balaban J connectivity index is 1.32. The summed E-state index contributed by atoms with van der Waals surface area (Å²) in [5.74, 6) is -2.51. The maximum Gasteiger partial charge on any atom is 0.488 e. The lowest BCUT2D eigenvalue weighted by Gasteiger charge is -2.42. The van der Waals surface area contributed by atoms with Crippen molar-refractivity contribution in [2.45, 2.75) is 31.7 Å². The molecule has 0 radical (unpaired) electrons. The number of allylic oxidation sites excluding steroid dienone is 1. The predicted octanol–water partition coefficient (Wildman–Crippen LogP) is 2.39.